The van der Waals surface area contributed by atoms with E-state index in [1.54, 1.807) is 18.2 Å². The van der Waals surface area contributed by atoms with Crippen LogP contribution in [0.1, 0.15) is 18.0 Å². The number of sulfone groups is 1. The van der Waals surface area contributed by atoms with Crippen LogP contribution in [0.15, 0.2) is 23.1 Å². The monoisotopic (exact) mass is 289 g/mol. The lowest BCUT2D eigenvalue weighted by atomic mass is 10.1. The highest BCUT2D eigenvalue weighted by Gasteiger charge is 2.36. The predicted molar refractivity (Wildman–Crippen MR) is 70.6 cm³/mol. The molecule has 100 valence electrons. The highest BCUT2D eigenvalue weighted by atomic mass is 35.5. The Kier molecular flexibility index (Phi) is 3.96. The molecule has 0 spiro atoms. The van der Waals surface area contributed by atoms with Crippen LogP contribution < -0.4 is 0 Å². The summed E-state index contributed by atoms with van der Waals surface area (Å²) in [4.78, 5) is 2.34. The molecule has 4 nitrogen and oxygen atoms in total. The molecule has 0 radical (unpaired) electrons. The third-order valence-electron chi connectivity index (χ3n) is 3.24. The van der Waals surface area contributed by atoms with Gasteiger partial charge in [0.05, 0.1) is 16.7 Å². The lowest BCUT2D eigenvalue weighted by Gasteiger charge is -2.23. The number of rotatable bonds is 4. The quantitative estimate of drug-likeness (QED) is 0.912. The molecule has 1 heterocycles. The van der Waals surface area contributed by atoms with Crippen molar-refractivity contribution < 1.29 is 13.5 Å². The van der Waals surface area contributed by atoms with Crippen LogP contribution in [-0.2, 0) is 9.84 Å². The van der Waals surface area contributed by atoms with Crippen molar-refractivity contribution >= 4 is 21.4 Å². The molecule has 0 amide bonds. The summed E-state index contributed by atoms with van der Waals surface area (Å²) in [5.41, 5.74) is 0.767. The normalized spacial score (nSPS) is 21.2. The molecule has 1 aliphatic rings. The van der Waals surface area contributed by atoms with Gasteiger partial charge in [-0.25, -0.2) is 8.42 Å². The lowest BCUT2D eigenvalue weighted by Crippen LogP contribution is -2.27. The largest absolute Gasteiger partial charge is 0.396 e. The van der Waals surface area contributed by atoms with Gasteiger partial charge in [-0.05, 0) is 37.2 Å². The fourth-order valence-electron chi connectivity index (χ4n) is 2.29. The van der Waals surface area contributed by atoms with Crippen LogP contribution in [-0.4, -0.2) is 44.4 Å². The summed E-state index contributed by atoms with van der Waals surface area (Å²) >= 11 is 5.94. The Morgan fingerprint density at radius 1 is 1.50 bits per heavy atom. The Hall–Kier alpha value is -0.620. The molecule has 2 rings (SSSR count). The van der Waals surface area contributed by atoms with E-state index in [2.05, 4.69) is 0 Å². The van der Waals surface area contributed by atoms with Gasteiger partial charge in [0.25, 0.3) is 0 Å². The number of halogens is 1. The Bertz CT molecular complexity index is 544. The molecule has 1 aromatic carbocycles. The smallest absolute Gasteiger partial charge is 0.180 e. The van der Waals surface area contributed by atoms with Crippen molar-refractivity contribution in [3.63, 3.8) is 0 Å². The molecule has 1 aliphatic heterocycles. The minimum Gasteiger partial charge on any atom is -0.396 e. The maximum absolute atomic E-state index is 12.0. The van der Waals surface area contributed by atoms with Gasteiger partial charge in [-0.15, -0.1) is 0 Å². The van der Waals surface area contributed by atoms with Gasteiger partial charge in [0.15, 0.2) is 9.84 Å². The van der Waals surface area contributed by atoms with Gasteiger partial charge in [0.2, 0.25) is 0 Å². The first-order chi connectivity index (χ1) is 8.45. The number of aliphatic hydroxyl groups is 1. The minimum absolute atomic E-state index is 0.0879. The van der Waals surface area contributed by atoms with Gasteiger partial charge in [-0.1, -0.05) is 11.6 Å². The Balaban J connectivity index is 2.35. The number of hydrogen-bond donors (Lipinski definition) is 1. The van der Waals surface area contributed by atoms with Crippen molar-refractivity contribution in [3.05, 3.63) is 28.8 Å². The van der Waals surface area contributed by atoms with Crippen LogP contribution >= 0.6 is 11.6 Å². The first-order valence-corrected chi connectivity index (χ1v) is 7.82. The van der Waals surface area contributed by atoms with Gasteiger partial charge in [0.1, 0.15) is 0 Å². The standard InChI is InChI=1S/C12H16ClNO3S/c1-14(5-2-6-15)11-8-18(16,17)12-4-3-9(13)7-10(11)12/h3-4,7,11,15H,2,5-6,8H2,1H3. The zero-order valence-corrected chi connectivity index (χ0v) is 11.7. The Morgan fingerprint density at radius 3 is 2.89 bits per heavy atom. The van der Waals surface area contributed by atoms with E-state index in [1.165, 1.54) is 0 Å². The maximum atomic E-state index is 12.0. The average molecular weight is 290 g/mol. The maximum Gasteiger partial charge on any atom is 0.180 e. The molecule has 0 aliphatic carbocycles. The van der Waals surface area contributed by atoms with Crippen molar-refractivity contribution in [3.8, 4) is 0 Å². The van der Waals surface area contributed by atoms with Crippen LogP contribution in [0.2, 0.25) is 5.02 Å². The molecule has 0 bridgehead atoms. The van der Waals surface area contributed by atoms with Crippen LogP contribution in [0.5, 0.6) is 0 Å². The zero-order chi connectivity index (χ0) is 13.3. The number of fused-ring (bicyclic) bond motifs is 1. The molecule has 0 saturated heterocycles. The molecule has 18 heavy (non-hydrogen) atoms. The van der Waals surface area contributed by atoms with Gasteiger partial charge >= 0.3 is 0 Å². The third-order valence-corrected chi connectivity index (χ3v) is 5.28. The van der Waals surface area contributed by atoms with Gasteiger partial charge in [-0.3, -0.25) is 4.90 Å². The third kappa shape index (κ3) is 2.54. The van der Waals surface area contributed by atoms with E-state index in [9.17, 15) is 8.42 Å². The fraction of sp³-hybridized carbons (Fsp3) is 0.500. The summed E-state index contributed by atoms with van der Waals surface area (Å²) in [6, 6.07) is 4.73. The molecular formula is C12H16ClNO3S. The van der Waals surface area contributed by atoms with E-state index < -0.39 is 9.84 Å². The van der Waals surface area contributed by atoms with E-state index >= 15 is 0 Å². The van der Waals surface area contributed by atoms with Crippen molar-refractivity contribution in [1.29, 1.82) is 0 Å². The SMILES string of the molecule is CN(CCCO)C1CS(=O)(=O)c2ccc(Cl)cc21. The molecule has 1 aromatic rings. The van der Waals surface area contributed by atoms with Gasteiger partial charge in [0, 0.05) is 18.2 Å². The summed E-state index contributed by atoms with van der Waals surface area (Å²) in [5.74, 6) is 0.0879. The molecule has 0 fully saturated rings. The van der Waals surface area contributed by atoms with E-state index in [1.807, 2.05) is 11.9 Å². The zero-order valence-electron chi connectivity index (χ0n) is 10.1. The number of aliphatic hydroxyl groups excluding tert-OH is 1. The summed E-state index contributed by atoms with van der Waals surface area (Å²) in [6.07, 6.45) is 0.628. The number of benzene rings is 1. The summed E-state index contributed by atoms with van der Waals surface area (Å²) in [6.45, 7) is 0.759. The second kappa shape index (κ2) is 5.17. The summed E-state index contributed by atoms with van der Waals surface area (Å²) < 4.78 is 24.1. The molecule has 1 N–H and O–H groups in total. The molecular weight excluding hydrogens is 274 g/mol. The molecule has 0 aromatic heterocycles. The second-order valence-electron chi connectivity index (χ2n) is 4.54. The van der Waals surface area contributed by atoms with Crippen molar-refractivity contribution in [2.45, 2.75) is 17.4 Å². The van der Waals surface area contributed by atoms with E-state index in [4.69, 9.17) is 16.7 Å². The number of nitrogens with zero attached hydrogens (tertiary/aromatic N) is 1. The highest BCUT2D eigenvalue weighted by molar-refractivity contribution is 7.91. The second-order valence-corrected chi connectivity index (χ2v) is 6.98. The predicted octanol–water partition coefficient (Wildman–Crippen LogP) is 1.48. The molecule has 1 atom stereocenters. The highest BCUT2D eigenvalue weighted by Crippen LogP contribution is 2.37. The average Bonchev–Trinajstić information content (AvgIpc) is 2.58. The van der Waals surface area contributed by atoms with E-state index in [-0.39, 0.29) is 18.4 Å². The first-order valence-electron chi connectivity index (χ1n) is 5.79. The Labute approximate surface area is 112 Å². The fourth-order valence-corrected chi connectivity index (χ4v) is 4.33. The minimum atomic E-state index is -3.20. The van der Waals surface area contributed by atoms with Crippen LogP contribution in [0, 0.1) is 0 Å². The van der Waals surface area contributed by atoms with E-state index in [0.29, 0.717) is 22.9 Å². The van der Waals surface area contributed by atoms with Crippen molar-refractivity contribution in [2.75, 3.05) is 26.0 Å². The molecule has 1 unspecified atom stereocenters. The van der Waals surface area contributed by atoms with Crippen LogP contribution in [0.3, 0.4) is 0 Å². The first kappa shape index (κ1) is 13.8. The van der Waals surface area contributed by atoms with Crippen LogP contribution in [0.25, 0.3) is 0 Å². The summed E-state index contributed by atoms with van der Waals surface area (Å²) in [7, 11) is -1.34. The Morgan fingerprint density at radius 2 is 2.22 bits per heavy atom. The van der Waals surface area contributed by atoms with Crippen molar-refractivity contribution in [2.24, 2.45) is 0 Å². The molecule has 0 saturated carbocycles. The van der Waals surface area contributed by atoms with Gasteiger partial charge < -0.3 is 5.11 Å². The van der Waals surface area contributed by atoms with Gasteiger partial charge in [-0.2, -0.15) is 0 Å². The van der Waals surface area contributed by atoms with E-state index in [0.717, 1.165) is 5.56 Å². The van der Waals surface area contributed by atoms with Crippen LogP contribution in [0.4, 0.5) is 0 Å². The molecule has 6 heteroatoms. The van der Waals surface area contributed by atoms with Crippen molar-refractivity contribution in [1.82, 2.24) is 4.90 Å². The topological polar surface area (TPSA) is 57.6 Å². The lowest BCUT2D eigenvalue weighted by molar-refractivity contribution is 0.219. The summed E-state index contributed by atoms with van der Waals surface area (Å²) in [5, 5.41) is 9.38. The number of hydrogen-bond acceptors (Lipinski definition) is 4.